The quantitative estimate of drug-likeness (QED) is 0.434. The highest BCUT2D eigenvalue weighted by atomic mass is 32.2. The molecule has 2 aliphatic heterocycles. The molecule has 2 saturated heterocycles. The van der Waals surface area contributed by atoms with E-state index in [1.807, 2.05) is 18.1 Å². The molecule has 0 saturated carbocycles. The van der Waals surface area contributed by atoms with Crippen molar-refractivity contribution in [2.45, 2.75) is 10.9 Å². The van der Waals surface area contributed by atoms with Crippen LogP contribution in [0.2, 0.25) is 0 Å². The number of carbonyl (C=O) groups excluding carboxylic acids is 1. The molecule has 0 atom stereocenters. The molecule has 2 aliphatic rings. The molecule has 1 aromatic heterocycles. The molecule has 0 spiro atoms. The maximum Gasteiger partial charge on any atom is 0.221 e. The lowest BCUT2D eigenvalue weighted by Gasteiger charge is -2.46. The van der Waals surface area contributed by atoms with E-state index < -0.39 is 0 Å². The van der Waals surface area contributed by atoms with E-state index in [2.05, 4.69) is 57.0 Å². The second-order valence-corrected chi connectivity index (χ2v) is 8.11. The lowest BCUT2D eigenvalue weighted by Crippen LogP contribution is -2.61. The number of benzene rings is 1. The van der Waals surface area contributed by atoms with E-state index in [0.717, 1.165) is 24.5 Å². The zero-order chi connectivity index (χ0) is 19.9. The summed E-state index contributed by atoms with van der Waals surface area (Å²) in [4.78, 5) is 19.7. The summed E-state index contributed by atoms with van der Waals surface area (Å²) >= 11 is 1.87. The van der Waals surface area contributed by atoms with E-state index in [0.29, 0.717) is 12.2 Å². The minimum absolute atomic E-state index is 0.639. The van der Waals surface area contributed by atoms with E-state index in [-0.39, 0.29) is 0 Å². The van der Waals surface area contributed by atoms with Crippen molar-refractivity contribution >= 4 is 29.0 Å². The molecule has 0 aliphatic carbocycles. The summed E-state index contributed by atoms with van der Waals surface area (Å²) in [6, 6.07) is 9.22. The van der Waals surface area contributed by atoms with E-state index in [9.17, 15) is 0 Å². The number of ether oxygens (including phenoxy) is 1. The molecule has 2 fully saturated rings. The summed E-state index contributed by atoms with van der Waals surface area (Å²) in [7, 11) is 3.88. The van der Waals surface area contributed by atoms with Crippen LogP contribution in [0.4, 0.5) is 0 Å². The molecular weight excluding hydrogens is 372 g/mol. The standard InChI is InChI=1S/C18H24N4OS.C3H4O/c1-20-12-14(13-20)21-8-10-22(11-9-21)24-17-5-3-4-16-15(17)6-7-19-18(16)23-2;1-2-3-4/h3-7,14H,8-13H2,1-2H3;2-3H,1H2. The molecule has 2 aromatic rings. The summed E-state index contributed by atoms with van der Waals surface area (Å²) in [5.74, 6) is 0.703. The molecule has 0 radical (unpaired) electrons. The van der Waals surface area contributed by atoms with Crippen molar-refractivity contribution in [2.75, 3.05) is 53.4 Å². The number of likely N-dealkylation sites (N-methyl/N-ethyl adjacent to an activating group) is 1. The predicted octanol–water partition coefficient (Wildman–Crippen LogP) is 2.55. The third-order valence-corrected chi connectivity index (χ3v) is 6.26. The molecule has 0 amide bonds. The summed E-state index contributed by atoms with van der Waals surface area (Å²) in [6.45, 7) is 10.1. The van der Waals surface area contributed by atoms with Gasteiger partial charge >= 0.3 is 0 Å². The van der Waals surface area contributed by atoms with Gasteiger partial charge < -0.3 is 9.64 Å². The van der Waals surface area contributed by atoms with Gasteiger partial charge in [-0.25, -0.2) is 9.29 Å². The van der Waals surface area contributed by atoms with Crippen molar-refractivity contribution < 1.29 is 9.53 Å². The fourth-order valence-electron chi connectivity index (χ4n) is 3.59. The van der Waals surface area contributed by atoms with Crippen LogP contribution in [0.25, 0.3) is 10.8 Å². The number of rotatable bonds is 5. The Balaban J connectivity index is 0.000000516. The van der Waals surface area contributed by atoms with Crippen molar-refractivity contribution in [3.8, 4) is 5.88 Å². The van der Waals surface area contributed by atoms with Crippen LogP contribution in [0, 0.1) is 0 Å². The highest BCUT2D eigenvalue weighted by Crippen LogP contribution is 2.34. The number of hydrogen-bond acceptors (Lipinski definition) is 7. The van der Waals surface area contributed by atoms with Gasteiger partial charge in [0.1, 0.15) is 6.29 Å². The third kappa shape index (κ3) is 4.91. The van der Waals surface area contributed by atoms with Crippen molar-refractivity contribution in [1.82, 2.24) is 19.1 Å². The van der Waals surface area contributed by atoms with Crippen molar-refractivity contribution in [3.63, 3.8) is 0 Å². The molecule has 7 heteroatoms. The Morgan fingerprint density at radius 2 is 1.89 bits per heavy atom. The normalized spacial score (nSPS) is 18.8. The number of pyridine rings is 1. The Bertz CT molecular complexity index is 796. The van der Waals surface area contributed by atoms with Gasteiger partial charge in [-0.15, -0.1) is 0 Å². The number of fused-ring (bicyclic) bond motifs is 1. The monoisotopic (exact) mass is 400 g/mol. The Labute approximate surface area is 171 Å². The van der Waals surface area contributed by atoms with Crippen LogP contribution in [-0.4, -0.2) is 84.8 Å². The number of allylic oxidation sites excluding steroid dienone is 1. The molecule has 0 bridgehead atoms. The number of methoxy groups -OCH3 is 1. The minimum atomic E-state index is 0.639. The zero-order valence-corrected chi connectivity index (χ0v) is 17.4. The van der Waals surface area contributed by atoms with Gasteiger partial charge in [0.2, 0.25) is 5.88 Å². The third-order valence-electron chi connectivity index (χ3n) is 5.08. The molecule has 6 nitrogen and oxygen atoms in total. The smallest absolute Gasteiger partial charge is 0.221 e. The lowest BCUT2D eigenvalue weighted by molar-refractivity contribution is -0.104. The maximum atomic E-state index is 9.06. The Hall–Kier alpha value is -1.93. The summed E-state index contributed by atoms with van der Waals surface area (Å²) < 4.78 is 7.88. The van der Waals surface area contributed by atoms with Gasteiger partial charge in [0, 0.05) is 67.2 Å². The number of aromatic nitrogens is 1. The number of hydrogen-bond donors (Lipinski definition) is 0. The van der Waals surface area contributed by atoms with Gasteiger partial charge in [-0.3, -0.25) is 9.69 Å². The first kappa shape index (κ1) is 20.8. The van der Waals surface area contributed by atoms with E-state index in [1.165, 1.54) is 42.5 Å². The van der Waals surface area contributed by atoms with E-state index in [1.54, 1.807) is 7.11 Å². The number of likely N-dealkylation sites (tertiary alicyclic amines) is 1. The molecule has 3 heterocycles. The number of aldehydes is 1. The van der Waals surface area contributed by atoms with Crippen LogP contribution in [-0.2, 0) is 4.79 Å². The molecule has 150 valence electrons. The molecule has 28 heavy (non-hydrogen) atoms. The first-order chi connectivity index (χ1) is 13.7. The van der Waals surface area contributed by atoms with Crippen molar-refractivity contribution in [2.24, 2.45) is 0 Å². The Morgan fingerprint density at radius 3 is 2.50 bits per heavy atom. The molecule has 1 aromatic carbocycles. The first-order valence-corrected chi connectivity index (χ1v) is 10.3. The maximum absolute atomic E-state index is 9.06. The first-order valence-electron chi connectivity index (χ1n) is 9.49. The van der Waals surface area contributed by atoms with Crippen LogP contribution in [0.1, 0.15) is 0 Å². The second kappa shape index (κ2) is 10.0. The minimum Gasteiger partial charge on any atom is -0.481 e. The SMILES string of the molecule is C=CC=O.COc1nccc2c(SN3CCN(C4CN(C)C4)CC3)cccc12. The summed E-state index contributed by atoms with van der Waals surface area (Å²) in [5.41, 5.74) is 0. The number of carbonyl (C=O) groups is 1. The predicted molar refractivity (Wildman–Crippen MR) is 115 cm³/mol. The van der Waals surface area contributed by atoms with Gasteiger partial charge in [0.25, 0.3) is 0 Å². The summed E-state index contributed by atoms with van der Waals surface area (Å²) in [6.07, 6.45) is 3.66. The number of piperazine rings is 1. The van der Waals surface area contributed by atoms with Crippen molar-refractivity contribution in [1.29, 1.82) is 0 Å². The zero-order valence-electron chi connectivity index (χ0n) is 16.6. The van der Waals surface area contributed by atoms with Crippen LogP contribution in [0.5, 0.6) is 5.88 Å². The van der Waals surface area contributed by atoms with Crippen LogP contribution in [0.3, 0.4) is 0 Å². The van der Waals surface area contributed by atoms with Crippen molar-refractivity contribution in [3.05, 3.63) is 43.1 Å². The second-order valence-electron chi connectivity index (χ2n) is 6.97. The fourth-order valence-corrected chi connectivity index (χ4v) is 4.63. The Morgan fingerprint density at radius 1 is 1.18 bits per heavy atom. The average molecular weight is 401 g/mol. The van der Waals surface area contributed by atoms with Gasteiger partial charge in [-0.1, -0.05) is 12.6 Å². The molecular formula is C21H28N4O2S. The summed E-state index contributed by atoms with van der Waals surface area (Å²) in [5, 5.41) is 2.30. The molecule has 4 rings (SSSR count). The molecule has 0 N–H and O–H groups in total. The fraction of sp³-hybridized carbons (Fsp3) is 0.429. The van der Waals surface area contributed by atoms with Crippen LogP contribution in [0.15, 0.2) is 48.0 Å². The molecule has 0 unspecified atom stereocenters. The topological polar surface area (TPSA) is 48.9 Å². The largest absolute Gasteiger partial charge is 0.481 e. The lowest BCUT2D eigenvalue weighted by atomic mass is 10.1. The highest BCUT2D eigenvalue weighted by Gasteiger charge is 2.31. The van der Waals surface area contributed by atoms with Gasteiger partial charge in [-0.2, -0.15) is 0 Å². The number of nitrogens with zero attached hydrogens (tertiary/aromatic N) is 4. The van der Waals surface area contributed by atoms with Gasteiger partial charge in [-0.05, 0) is 43.3 Å². The van der Waals surface area contributed by atoms with E-state index in [4.69, 9.17) is 9.53 Å². The average Bonchev–Trinajstić information content (AvgIpc) is 2.72. The highest BCUT2D eigenvalue weighted by molar-refractivity contribution is 7.97. The van der Waals surface area contributed by atoms with Crippen LogP contribution >= 0.6 is 11.9 Å². The van der Waals surface area contributed by atoms with Gasteiger partial charge in [0.15, 0.2) is 0 Å². The van der Waals surface area contributed by atoms with Gasteiger partial charge in [0.05, 0.1) is 7.11 Å². The van der Waals surface area contributed by atoms with E-state index >= 15 is 0 Å². The van der Waals surface area contributed by atoms with Crippen LogP contribution < -0.4 is 4.74 Å². The Kier molecular flexibility index (Phi) is 7.44.